The monoisotopic (exact) mass is 321 g/mol. The first-order valence-corrected chi connectivity index (χ1v) is 8.42. The highest BCUT2D eigenvalue weighted by molar-refractivity contribution is 5.67. The maximum atomic E-state index is 10.2. The largest absolute Gasteiger partial charge is 0.481 e. The van der Waals surface area contributed by atoms with Crippen molar-refractivity contribution < 1.29 is 14.7 Å². The number of primary amides is 1. The van der Waals surface area contributed by atoms with E-state index in [1.807, 2.05) is 30.3 Å². The number of benzene rings is 1. The average Bonchev–Trinajstić information content (AvgIpc) is 2.56. The third-order valence-electron chi connectivity index (χ3n) is 4.06. The van der Waals surface area contributed by atoms with Gasteiger partial charge in [0.15, 0.2) is 0 Å². The van der Waals surface area contributed by atoms with E-state index < -0.39 is 5.97 Å². The van der Waals surface area contributed by atoms with Crippen molar-refractivity contribution in [1.82, 2.24) is 0 Å². The highest BCUT2D eigenvalue weighted by Gasteiger charge is 2.15. The zero-order chi connectivity index (χ0) is 17.5. The summed E-state index contributed by atoms with van der Waals surface area (Å²) in [6.45, 7) is 4.71. The molecule has 0 bridgehead atoms. The maximum absolute atomic E-state index is 10.2. The van der Waals surface area contributed by atoms with Crippen molar-refractivity contribution in [2.45, 2.75) is 58.8 Å². The molecule has 4 heteroatoms. The van der Waals surface area contributed by atoms with Crippen LogP contribution >= 0.6 is 0 Å². The average molecular weight is 321 g/mol. The Morgan fingerprint density at radius 1 is 1.22 bits per heavy atom. The second kappa shape index (κ2) is 13.8. The van der Waals surface area contributed by atoms with Gasteiger partial charge < -0.3 is 10.8 Å². The molecule has 1 saturated carbocycles. The van der Waals surface area contributed by atoms with Gasteiger partial charge in [-0.25, -0.2) is 0 Å². The van der Waals surface area contributed by atoms with Crippen LogP contribution in [-0.4, -0.2) is 17.5 Å². The molecule has 3 N–H and O–H groups in total. The zero-order valence-corrected chi connectivity index (χ0v) is 14.4. The van der Waals surface area contributed by atoms with Crippen molar-refractivity contribution in [2.24, 2.45) is 17.6 Å². The Morgan fingerprint density at radius 2 is 1.74 bits per heavy atom. The Labute approximate surface area is 140 Å². The summed E-state index contributed by atoms with van der Waals surface area (Å²) in [5, 5.41) is 8.37. The minimum absolute atomic E-state index is 0.212. The molecule has 0 atom stereocenters. The Morgan fingerprint density at radius 3 is 2.13 bits per heavy atom. The predicted molar refractivity (Wildman–Crippen MR) is 94.1 cm³/mol. The van der Waals surface area contributed by atoms with Gasteiger partial charge in [0.05, 0.1) is 0 Å². The Balaban J connectivity index is 0.000000365. The van der Waals surface area contributed by atoms with E-state index in [-0.39, 0.29) is 12.8 Å². The van der Waals surface area contributed by atoms with Crippen molar-refractivity contribution in [3.63, 3.8) is 0 Å². The van der Waals surface area contributed by atoms with Crippen LogP contribution in [0.15, 0.2) is 30.3 Å². The summed E-state index contributed by atoms with van der Waals surface area (Å²) in [5.41, 5.74) is 5.25. The first-order valence-electron chi connectivity index (χ1n) is 8.42. The smallest absolute Gasteiger partial charge is 0.303 e. The summed E-state index contributed by atoms with van der Waals surface area (Å²) < 4.78 is 0. The minimum Gasteiger partial charge on any atom is -0.481 e. The minimum atomic E-state index is -0.742. The van der Waals surface area contributed by atoms with Crippen LogP contribution in [0.2, 0.25) is 0 Å². The van der Waals surface area contributed by atoms with E-state index in [2.05, 4.69) is 19.6 Å². The van der Waals surface area contributed by atoms with Crippen molar-refractivity contribution in [3.8, 4) is 0 Å². The first-order chi connectivity index (χ1) is 11.0. The van der Waals surface area contributed by atoms with E-state index in [4.69, 9.17) is 9.90 Å². The van der Waals surface area contributed by atoms with Crippen LogP contribution in [0, 0.1) is 11.8 Å². The molecule has 0 aliphatic heterocycles. The van der Waals surface area contributed by atoms with Crippen molar-refractivity contribution in [2.75, 3.05) is 0 Å². The molecule has 1 aliphatic carbocycles. The van der Waals surface area contributed by atoms with Gasteiger partial charge in [-0.1, -0.05) is 76.3 Å². The Kier molecular flexibility index (Phi) is 12.7. The number of hydrogen-bond acceptors (Lipinski definition) is 2. The summed E-state index contributed by atoms with van der Waals surface area (Å²) >= 11 is 0. The molecule has 0 unspecified atom stereocenters. The van der Waals surface area contributed by atoms with Crippen LogP contribution < -0.4 is 5.73 Å². The molecule has 1 fully saturated rings. The molecule has 0 radical (unpaired) electrons. The molecular weight excluding hydrogens is 290 g/mol. The van der Waals surface area contributed by atoms with Crippen LogP contribution in [0.25, 0.3) is 0 Å². The molecule has 23 heavy (non-hydrogen) atoms. The number of aliphatic carboxylic acids is 1. The number of nitrogens with two attached hydrogens (primary N) is 1. The van der Waals surface area contributed by atoms with Crippen LogP contribution in [0.5, 0.6) is 0 Å². The van der Waals surface area contributed by atoms with Gasteiger partial charge in [-0.3, -0.25) is 9.59 Å². The van der Waals surface area contributed by atoms with E-state index in [9.17, 15) is 4.79 Å². The topological polar surface area (TPSA) is 80.4 Å². The van der Waals surface area contributed by atoms with E-state index in [1.165, 1.54) is 32.1 Å². The molecule has 1 aliphatic rings. The lowest BCUT2D eigenvalue weighted by Gasteiger charge is -2.24. The molecule has 0 heterocycles. The molecule has 0 spiro atoms. The summed E-state index contributed by atoms with van der Waals surface area (Å²) in [6, 6.07) is 9.62. The van der Waals surface area contributed by atoms with Crippen molar-refractivity contribution in [3.05, 3.63) is 35.9 Å². The van der Waals surface area contributed by atoms with E-state index in [0.29, 0.717) is 6.42 Å². The molecule has 0 saturated heterocycles. The van der Waals surface area contributed by atoms with E-state index in [1.54, 1.807) is 0 Å². The molecule has 130 valence electrons. The Bertz CT molecular complexity index is 412. The number of carboxylic acid groups (broad SMARTS) is 1. The third kappa shape index (κ3) is 12.4. The van der Waals surface area contributed by atoms with Crippen LogP contribution in [0.3, 0.4) is 0 Å². The normalized spacial score (nSPS) is 14.0. The summed E-state index contributed by atoms with van der Waals surface area (Å²) in [6.07, 6.45) is 8.55. The van der Waals surface area contributed by atoms with Crippen molar-refractivity contribution >= 4 is 12.4 Å². The molecule has 0 aromatic heterocycles. The number of hydrogen-bond donors (Lipinski definition) is 2. The van der Waals surface area contributed by atoms with Gasteiger partial charge in [-0.05, 0) is 23.8 Å². The molecule has 1 amide bonds. The highest BCUT2D eigenvalue weighted by Crippen LogP contribution is 2.29. The molecule has 1 aromatic rings. The lowest BCUT2D eigenvalue weighted by Crippen LogP contribution is -2.12. The second-order valence-electron chi connectivity index (χ2n) is 6.16. The second-order valence-corrected chi connectivity index (χ2v) is 6.16. The van der Waals surface area contributed by atoms with Gasteiger partial charge in [-0.15, -0.1) is 0 Å². The predicted octanol–water partition coefficient (Wildman–Crippen LogP) is 4.03. The SMILES string of the molecule is CC(C)C1CCCCC1.NC=O.O=C(O)CCc1ccccc1. The van der Waals surface area contributed by atoms with Gasteiger partial charge in [-0.2, -0.15) is 0 Å². The van der Waals surface area contributed by atoms with Gasteiger partial charge >= 0.3 is 5.97 Å². The van der Waals surface area contributed by atoms with Gasteiger partial charge in [0, 0.05) is 6.42 Å². The van der Waals surface area contributed by atoms with Crippen LogP contribution in [0.4, 0.5) is 0 Å². The summed E-state index contributed by atoms with van der Waals surface area (Å²) in [5.74, 6) is 1.25. The highest BCUT2D eigenvalue weighted by atomic mass is 16.4. The molecular formula is C19H31NO3. The zero-order valence-electron chi connectivity index (χ0n) is 14.4. The van der Waals surface area contributed by atoms with Crippen LogP contribution in [0.1, 0.15) is 57.9 Å². The van der Waals surface area contributed by atoms with Gasteiger partial charge in [0.1, 0.15) is 0 Å². The Hall–Kier alpha value is -1.84. The maximum Gasteiger partial charge on any atom is 0.303 e. The lowest BCUT2D eigenvalue weighted by molar-refractivity contribution is -0.136. The third-order valence-corrected chi connectivity index (χ3v) is 4.06. The van der Waals surface area contributed by atoms with Gasteiger partial charge in [0.2, 0.25) is 6.41 Å². The fourth-order valence-corrected chi connectivity index (χ4v) is 2.70. The molecule has 2 rings (SSSR count). The number of amides is 1. The lowest BCUT2D eigenvalue weighted by atomic mass is 9.82. The number of rotatable bonds is 4. The summed E-state index contributed by atoms with van der Waals surface area (Å²) in [4.78, 5) is 18.8. The summed E-state index contributed by atoms with van der Waals surface area (Å²) in [7, 11) is 0. The molecule has 4 nitrogen and oxygen atoms in total. The van der Waals surface area contributed by atoms with Crippen molar-refractivity contribution in [1.29, 1.82) is 0 Å². The number of carboxylic acids is 1. The number of carbonyl (C=O) groups excluding carboxylic acids is 1. The fourth-order valence-electron chi connectivity index (χ4n) is 2.70. The number of aryl methyl sites for hydroxylation is 1. The molecule has 1 aromatic carbocycles. The van der Waals surface area contributed by atoms with Crippen LogP contribution in [-0.2, 0) is 16.0 Å². The van der Waals surface area contributed by atoms with E-state index in [0.717, 1.165) is 17.4 Å². The standard InChI is InChI=1S/C9H10O2.C9H18.CH3NO/c10-9(11)7-6-8-4-2-1-3-5-8;1-8(2)9-6-4-3-5-7-9;2-1-3/h1-5H,6-7H2,(H,10,11);8-9H,3-7H2,1-2H3;1H,(H2,2,3). The quantitative estimate of drug-likeness (QED) is 0.822. The van der Waals surface area contributed by atoms with Gasteiger partial charge in [0.25, 0.3) is 0 Å². The van der Waals surface area contributed by atoms with E-state index >= 15 is 0 Å². The first kappa shape index (κ1) is 21.2. The number of carbonyl (C=O) groups is 2. The fraction of sp³-hybridized carbons (Fsp3) is 0.579.